The number of benzene rings is 3. The zero-order chi connectivity index (χ0) is 63.0. The Bertz CT molecular complexity index is 3870. The fourth-order valence-corrected chi connectivity index (χ4v) is 17.4. The van der Waals surface area contributed by atoms with Crippen molar-refractivity contribution in [2.45, 2.75) is 138 Å². The number of pyridine rings is 2. The number of H-pyrrole nitrogens is 1. The number of carbonyl (C=O) groups is 1. The number of fused-ring (bicyclic) bond motifs is 4. The molecule has 488 valence electrons. The van der Waals surface area contributed by atoms with Crippen molar-refractivity contribution in [2.75, 3.05) is 113 Å². The Balaban J connectivity index is 0.684. The summed E-state index contributed by atoms with van der Waals surface area (Å²) in [6.45, 7) is 15.0. The van der Waals surface area contributed by atoms with Crippen LogP contribution in [0.1, 0.15) is 112 Å². The average Bonchev–Trinajstić information content (AvgIpc) is 0.851. The molecular weight excluding hydrogens is 1190 g/mol. The number of ether oxygens (including phenoxy) is 7. The summed E-state index contributed by atoms with van der Waals surface area (Å²) in [6, 6.07) is 23.3. The number of piperazine rings is 1. The molecule has 0 bridgehead atoms. The predicted molar refractivity (Wildman–Crippen MR) is 347 cm³/mol. The highest BCUT2D eigenvalue weighted by Crippen LogP contribution is 2.55. The van der Waals surface area contributed by atoms with Crippen molar-refractivity contribution in [2.24, 2.45) is 11.3 Å². The Morgan fingerprint density at radius 1 is 0.859 bits per heavy atom. The quantitative estimate of drug-likeness (QED) is 0.0641. The lowest BCUT2D eigenvalue weighted by Gasteiger charge is -2.59. The number of piperidine rings is 1. The van der Waals surface area contributed by atoms with Crippen LogP contribution in [0.4, 0.5) is 34.3 Å². The van der Waals surface area contributed by atoms with Gasteiger partial charge in [-0.05, 0) is 138 Å². The number of carbonyl (C=O) groups excluding carboxylic acids is 1. The third-order valence-electron chi connectivity index (χ3n) is 21.4. The van der Waals surface area contributed by atoms with Gasteiger partial charge in [-0.1, -0.05) is 18.2 Å². The lowest BCUT2D eigenvalue weighted by molar-refractivity contribution is -0.384. The van der Waals surface area contributed by atoms with Gasteiger partial charge >= 0.3 is 0 Å². The standard InChI is InChI=1S/C68H83N11O12S/c1-41(2)90-59-8-6-5-7-50(59)58-37-75(53-12-11-49(53)45-30-61(85-4)65(70-36-45)76-24-28-88-38-42(76)3)22-23-77(58)47-34-68(35-47)17-20-74(21-18-68)46-9-10-51(55(31-46)78-54-16-27-87-40-62(54)91-67-57(78)29-44-13-19-69-64(44)72-67)66(80)73-92(83,84)48-32-56(79(81)82)63-60(33-48)89-39-52(71-63)43-14-25-86-26-15-43/h5-10,13,19,29-33,36,41-43,47,49,52-54,58,62,71H,11-12,14-18,20-28,34-35,37-40H2,1-4H3,(H,69,72)(H,73,80)/t42-,49-,52-,53-,54-,58-,62-/m0/s1. The molecule has 0 unspecified atom stereocenters. The van der Waals surface area contributed by atoms with Crippen molar-refractivity contribution in [1.82, 2.24) is 29.5 Å². The fourth-order valence-electron chi connectivity index (χ4n) is 16.4. The second kappa shape index (κ2) is 24.8. The number of nitrogens with zero attached hydrogens (tertiary/aromatic N) is 8. The van der Waals surface area contributed by atoms with Gasteiger partial charge in [0, 0.05) is 118 Å². The van der Waals surface area contributed by atoms with Gasteiger partial charge in [-0.25, -0.2) is 18.1 Å². The topological polar surface area (TPSA) is 241 Å². The number of aromatic amines is 1. The van der Waals surface area contributed by atoms with Gasteiger partial charge in [-0.3, -0.25) is 24.7 Å². The zero-order valence-electron chi connectivity index (χ0n) is 52.8. The molecule has 1 spiro atoms. The summed E-state index contributed by atoms with van der Waals surface area (Å²) in [5.74, 6) is 2.66. The molecule has 23 nitrogen and oxygen atoms in total. The van der Waals surface area contributed by atoms with Crippen LogP contribution >= 0.6 is 0 Å². The van der Waals surface area contributed by atoms with E-state index in [1.165, 1.54) is 17.2 Å². The molecule has 2 saturated carbocycles. The van der Waals surface area contributed by atoms with Crippen LogP contribution in [-0.2, 0) is 24.2 Å². The Kier molecular flexibility index (Phi) is 16.4. The maximum Gasteiger partial charge on any atom is 0.297 e. The first-order valence-electron chi connectivity index (χ1n) is 33.1. The van der Waals surface area contributed by atoms with Crippen LogP contribution in [0.2, 0.25) is 0 Å². The number of hydrogen-bond donors (Lipinski definition) is 3. The molecule has 3 aromatic heterocycles. The number of anilines is 5. The van der Waals surface area contributed by atoms with Gasteiger partial charge in [0.25, 0.3) is 21.6 Å². The first-order valence-corrected chi connectivity index (χ1v) is 34.6. The molecule has 24 heteroatoms. The van der Waals surface area contributed by atoms with Gasteiger partial charge in [0.15, 0.2) is 23.0 Å². The molecule has 1 amide bonds. The minimum absolute atomic E-state index is 0.0239. The van der Waals surface area contributed by atoms with Crippen LogP contribution in [-0.4, -0.2) is 179 Å². The van der Waals surface area contributed by atoms with E-state index in [4.69, 9.17) is 43.1 Å². The number of para-hydroxylation sites is 1. The number of nitro groups is 1. The van der Waals surface area contributed by atoms with E-state index in [1.807, 2.05) is 30.5 Å². The van der Waals surface area contributed by atoms with E-state index in [9.17, 15) is 18.5 Å². The van der Waals surface area contributed by atoms with E-state index in [1.54, 1.807) is 13.2 Å². The van der Waals surface area contributed by atoms with E-state index in [0.29, 0.717) is 80.4 Å². The lowest BCUT2D eigenvalue weighted by Crippen LogP contribution is -2.62. The van der Waals surface area contributed by atoms with Gasteiger partial charge in [0.2, 0.25) is 5.88 Å². The summed E-state index contributed by atoms with van der Waals surface area (Å²) >= 11 is 0. The number of nitrogens with one attached hydrogen (secondary N) is 3. The molecule has 7 fully saturated rings. The molecule has 15 rings (SSSR count). The van der Waals surface area contributed by atoms with Gasteiger partial charge in [0.05, 0.1) is 78.3 Å². The zero-order valence-corrected chi connectivity index (χ0v) is 53.6. The van der Waals surface area contributed by atoms with E-state index < -0.39 is 37.5 Å². The normalized spacial score (nSPS) is 26.1. The summed E-state index contributed by atoms with van der Waals surface area (Å²) in [4.78, 5) is 52.1. The van der Waals surface area contributed by atoms with E-state index in [-0.39, 0.29) is 71.8 Å². The Morgan fingerprint density at radius 2 is 1.67 bits per heavy atom. The number of hydrogen-bond acceptors (Lipinski definition) is 20. The van der Waals surface area contributed by atoms with E-state index in [0.717, 1.165) is 125 Å². The number of nitro benzene ring substituents is 1. The van der Waals surface area contributed by atoms with Crippen LogP contribution in [0.15, 0.2) is 90.1 Å². The third-order valence-corrected chi connectivity index (χ3v) is 22.7. The molecule has 2 aliphatic carbocycles. The second-order valence-corrected chi connectivity index (χ2v) is 28.8. The number of rotatable bonds is 15. The average molecular weight is 1280 g/mol. The highest BCUT2D eigenvalue weighted by Gasteiger charge is 2.52. The largest absolute Gasteiger partial charge is 0.493 e. The third kappa shape index (κ3) is 11.4. The highest BCUT2D eigenvalue weighted by atomic mass is 32.2. The lowest BCUT2D eigenvalue weighted by atomic mass is 9.59. The van der Waals surface area contributed by atoms with Crippen LogP contribution in [0.3, 0.4) is 0 Å². The predicted octanol–water partition coefficient (Wildman–Crippen LogP) is 9.35. The number of morpholine rings is 1. The summed E-state index contributed by atoms with van der Waals surface area (Å²) in [5, 5.41) is 16.8. The van der Waals surface area contributed by atoms with Crippen molar-refractivity contribution in [3.8, 4) is 23.1 Å². The van der Waals surface area contributed by atoms with Crippen molar-refractivity contribution >= 4 is 61.2 Å². The highest BCUT2D eigenvalue weighted by molar-refractivity contribution is 7.90. The molecule has 92 heavy (non-hydrogen) atoms. The van der Waals surface area contributed by atoms with E-state index >= 15 is 4.79 Å². The molecule has 3 aromatic carbocycles. The summed E-state index contributed by atoms with van der Waals surface area (Å²) in [6.07, 6.45) is 12.0. The number of sulfonamides is 1. The van der Waals surface area contributed by atoms with Crippen molar-refractivity contribution < 1.29 is 51.3 Å². The first kappa shape index (κ1) is 60.7. The molecule has 3 N–H and O–H groups in total. The summed E-state index contributed by atoms with van der Waals surface area (Å²) < 4.78 is 74.0. The Hall–Kier alpha value is -7.48. The maximum absolute atomic E-state index is 15.0. The van der Waals surface area contributed by atoms with Crippen LogP contribution < -0.4 is 43.7 Å². The maximum atomic E-state index is 15.0. The molecular formula is C68H83N11O12S. The minimum atomic E-state index is -4.73. The van der Waals surface area contributed by atoms with Crippen molar-refractivity contribution in [1.29, 1.82) is 0 Å². The molecule has 6 aromatic rings. The molecule has 0 radical (unpaired) electrons. The number of amides is 1. The smallest absolute Gasteiger partial charge is 0.297 e. The van der Waals surface area contributed by atoms with Gasteiger partial charge < -0.3 is 58.2 Å². The molecule has 7 aliphatic heterocycles. The first-order chi connectivity index (χ1) is 44.7. The Labute approximate surface area is 536 Å². The van der Waals surface area contributed by atoms with Gasteiger partial charge in [-0.15, -0.1) is 0 Å². The van der Waals surface area contributed by atoms with Crippen LogP contribution in [0, 0.1) is 21.4 Å². The fraction of sp³-hybridized carbons (Fsp3) is 0.544. The number of aromatic nitrogens is 3. The molecule has 7 atom stereocenters. The minimum Gasteiger partial charge on any atom is -0.493 e. The monoisotopic (exact) mass is 1280 g/mol. The summed E-state index contributed by atoms with van der Waals surface area (Å²) in [7, 11) is -2.98. The second-order valence-electron chi connectivity index (χ2n) is 27.1. The SMILES string of the molecule is COc1cc([C@@H]2CC[C@@H]2N2CCN(C3CC4(CCN(c5ccc(C(=O)NS(=O)(=O)c6cc7c(c([N+](=O)[O-])c6)N[C@H](C6CCOCC6)CO7)c(N6c7cc8cc[nH]c8nc7O[C@H]7COCC[C@@H]76)c5)CC4)C3)[C@H](c3ccccc3OC(C)C)C2)cnc1N1CCOC[C@@H]1C. The molecule has 9 aliphatic rings. The Morgan fingerprint density at radius 3 is 2.46 bits per heavy atom. The van der Waals surface area contributed by atoms with Crippen molar-refractivity contribution in [3.63, 3.8) is 0 Å². The van der Waals surface area contributed by atoms with Crippen molar-refractivity contribution in [3.05, 3.63) is 112 Å². The van der Waals surface area contributed by atoms with Crippen LogP contribution in [0.5, 0.6) is 23.1 Å². The van der Waals surface area contributed by atoms with Gasteiger partial charge in [-0.2, -0.15) is 4.98 Å². The molecule has 5 saturated heterocycles. The summed E-state index contributed by atoms with van der Waals surface area (Å²) in [5.41, 5.74) is 5.03. The number of methoxy groups -OCH3 is 1. The van der Waals surface area contributed by atoms with Crippen LogP contribution in [0.25, 0.3) is 11.0 Å². The molecule has 10 heterocycles. The van der Waals surface area contributed by atoms with Gasteiger partial charge in [0.1, 0.15) is 29.8 Å². The van der Waals surface area contributed by atoms with E-state index in [2.05, 4.69) is 96.8 Å².